The van der Waals surface area contributed by atoms with E-state index >= 15 is 0 Å². The van der Waals surface area contributed by atoms with Crippen molar-refractivity contribution in [3.8, 4) is 5.75 Å². The van der Waals surface area contributed by atoms with Gasteiger partial charge < -0.3 is 14.5 Å². The maximum atomic E-state index is 5.53. The quantitative estimate of drug-likeness (QED) is 0.827. The third-order valence-corrected chi connectivity index (χ3v) is 5.76. The van der Waals surface area contributed by atoms with Crippen LogP contribution in [-0.2, 0) is 6.54 Å². The Labute approximate surface area is 141 Å². The molecule has 1 aromatic carbocycles. The average Bonchev–Trinajstić information content (AvgIpc) is 2.58. The summed E-state index contributed by atoms with van der Waals surface area (Å²) in [7, 11) is 0. The number of hydrogen-bond acceptors (Lipinski definition) is 1. The summed E-state index contributed by atoms with van der Waals surface area (Å²) < 4.78 is 5.53. The summed E-state index contributed by atoms with van der Waals surface area (Å²) in [4.78, 5) is 3.67. The minimum atomic E-state index is 0.746. The number of likely N-dealkylation sites (tertiary alicyclic amines) is 2. The SMILES string of the molecule is CCOc1ccc(C[NH+]2CCC([NH+]3CCC[C@H](C)C3)CC2)cc1. The van der Waals surface area contributed by atoms with Crippen LogP contribution in [0.15, 0.2) is 24.3 Å². The lowest BCUT2D eigenvalue weighted by atomic mass is 9.95. The lowest BCUT2D eigenvalue weighted by Gasteiger charge is -2.37. The number of rotatable bonds is 5. The van der Waals surface area contributed by atoms with Crippen LogP contribution in [0.25, 0.3) is 0 Å². The van der Waals surface area contributed by atoms with Gasteiger partial charge in [0.1, 0.15) is 12.3 Å². The van der Waals surface area contributed by atoms with Gasteiger partial charge in [-0.25, -0.2) is 0 Å². The Morgan fingerprint density at radius 2 is 1.78 bits per heavy atom. The van der Waals surface area contributed by atoms with Crippen LogP contribution in [0.2, 0.25) is 0 Å². The van der Waals surface area contributed by atoms with Crippen molar-refractivity contribution in [3.05, 3.63) is 29.8 Å². The summed E-state index contributed by atoms with van der Waals surface area (Å²) in [5.74, 6) is 1.93. The maximum Gasteiger partial charge on any atom is 0.119 e. The zero-order chi connectivity index (χ0) is 16.1. The van der Waals surface area contributed by atoms with E-state index in [1.165, 1.54) is 64.0 Å². The number of nitrogens with one attached hydrogen (secondary N) is 2. The molecular weight excluding hydrogens is 284 g/mol. The van der Waals surface area contributed by atoms with Gasteiger partial charge in [-0.15, -0.1) is 0 Å². The lowest BCUT2D eigenvalue weighted by molar-refractivity contribution is -0.967. The molecule has 1 aromatic rings. The fraction of sp³-hybridized carbons (Fsp3) is 0.700. The van der Waals surface area contributed by atoms with Gasteiger partial charge in [0.25, 0.3) is 0 Å². The minimum absolute atomic E-state index is 0.746. The molecule has 0 saturated carbocycles. The van der Waals surface area contributed by atoms with Crippen molar-refractivity contribution in [2.24, 2.45) is 5.92 Å². The first-order chi connectivity index (χ1) is 11.2. The van der Waals surface area contributed by atoms with Gasteiger partial charge in [-0.05, 0) is 44.0 Å². The molecule has 128 valence electrons. The molecule has 2 saturated heterocycles. The summed E-state index contributed by atoms with van der Waals surface area (Å²) >= 11 is 0. The monoisotopic (exact) mass is 318 g/mol. The van der Waals surface area contributed by atoms with Gasteiger partial charge in [0.05, 0.1) is 38.8 Å². The Morgan fingerprint density at radius 3 is 2.43 bits per heavy atom. The molecule has 2 fully saturated rings. The molecule has 0 aliphatic carbocycles. The van der Waals surface area contributed by atoms with Gasteiger partial charge in [0, 0.05) is 24.3 Å². The number of quaternary nitrogens is 2. The number of ether oxygens (including phenoxy) is 1. The summed E-state index contributed by atoms with van der Waals surface area (Å²) in [6.07, 6.45) is 5.71. The smallest absolute Gasteiger partial charge is 0.119 e. The molecule has 2 atom stereocenters. The highest BCUT2D eigenvalue weighted by atomic mass is 16.5. The van der Waals surface area contributed by atoms with Crippen LogP contribution in [0.1, 0.15) is 45.1 Å². The van der Waals surface area contributed by atoms with Gasteiger partial charge >= 0.3 is 0 Å². The van der Waals surface area contributed by atoms with E-state index in [-0.39, 0.29) is 0 Å². The molecule has 0 amide bonds. The van der Waals surface area contributed by atoms with E-state index in [4.69, 9.17) is 4.74 Å². The first kappa shape index (κ1) is 16.8. The fourth-order valence-corrected chi connectivity index (χ4v) is 4.47. The van der Waals surface area contributed by atoms with Crippen LogP contribution in [0.5, 0.6) is 5.75 Å². The Kier molecular flexibility index (Phi) is 5.96. The number of benzene rings is 1. The van der Waals surface area contributed by atoms with E-state index in [2.05, 4.69) is 31.2 Å². The molecule has 0 radical (unpaired) electrons. The standard InChI is InChI=1S/C20H32N2O/c1-3-23-20-8-6-18(7-9-20)16-21-13-10-19(11-14-21)22-12-4-5-17(2)15-22/h6-9,17,19H,3-5,10-16H2,1-2H3/p+2/t17-/m0/s1. The second-order valence-corrected chi connectivity index (χ2v) is 7.64. The van der Waals surface area contributed by atoms with Crippen LogP contribution in [-0.4, -0.2) is 38.8 Å². The van der Waals surface area contributed by atoms with E-state index in [0.29, 0.717) is 0 Å². The fourth-order valence-electron chi connectivity index (χ4n) is 4.47. The van der Waals surface area contributed by atoms with Gasteiger partial charge in [0.2, 0.25) is 0 Å². The topological polar surface area (TPSA) is 18.1 Å². The third kappa shape index (κ3) is 4.71. The summed E-state index contributed by atoms with van der Waals surface area (Å²) in [5, 5.41) is 0. The lowest BCUT2D eigenvalue weighted by Crippen LogP contribution is -3.21. The molecule has 0 aromatic heterocycles. The molecule has 0 spiro atoms. The van der Waals surface area contributed by atoms with E-state index < -0.39 is 0 Å². The van der Waals surface area contributed by atoms with Crippen LogP contribution in [0.4, 0.5) is 0 Å². The highest BCUT2D eigenvalue weighted by Gasteiger charge is 2.32. The van der Waals surface area contributed by atoms with Crippen LogP contribution >= 0.6 is 0 Å². The van der Waals surface area contributed by atoms with Crippen molar-refractivity contribution in [1.82, 2.24) is 0 Å². The first-order valence-corrected chi connectivity index (χ1v) is 9.64. The molecule has 0 bridgehead atoms. The average molecular weight is 319 g/mol. The summed E-state index contributed by atoms with van der Waals surface area (Å²) in [6, 6.07) is 9.64. The Balaban J connectivity index is 1.45. The minimum Gasteiger partial charge on any atom is -0.494 e. The maximum absolute atomic E-state index is 5.53. The number of hydrogen-bond donors (Lipinski definition) is 2. The Hall–Kier alpha value is -1.06. The van der Waals surface area contributed by atoms with Crippen molar-refractivity contribution in [2.45, 2.75) is 52.1 Å². The molecule has 2 aliphatic heterocycles. The molecule has 2 aliphatic rings. The van der Waals surface area contributed by atoms with Gasteiger partial charge in [-0.1, -0.05) is 6.92 Å². The Morgan fingerprint density at radius 1 is 1.04 bits per heavy atom. The van der Waals surface area contributed by atoms with Crippen molar-refractivity contribution >= 4 is 0 Å². The van der Waals surface area contributed by atoms with Crippen molar-refractivity contribution in [1.29, 1.82) is 0 Å². The van der Waals surface area contributed by atoms with E-state index in [9.17, 15) is 0 Å². The zero-order valence-electron chi connectivity index (χ0n) is 14.9. The van der Waals surface area contributed by atoms with Crippen LogP contribution in [0.3, 0.4) is 0 Å². The van der Waals surface area contributed by atoms with Crippen LogP contribution in [0, 0.1) is 5.92 Å². The van der Waals surface area contributed by atoms with E-state index in [1.54, 1.807) is 4.90 Å². The highest BCUT2D eigenvalue weighted by Crippen LogP contribution is 2.12. The molecule has 3 heteroatoms. The zero-order valence-corrected chi connectivity index (χ0v) is 14.9. The predicted octanol–water partition coefficient (Wildman–Crippen LogP) is 0.947. The van der Waals surface area contributed by atoms with Gasteiger partial charge in [-0.2, -0.15) is 0 Å². The van der Waals surface area contributed by atoms with Crippen molar-refractivity contribution < 1.29 is 14.5 Å². The molecule has 23 heavy (non-hydrogen) atoms. The molecular formula is C20H34N2O+2. The summed E-state index contributed by atoms with van der Waals surface area (Å²) in [5.41, 5.74) is 1.45. The normalized spacial score (nSPS) is 31.7. The second-order valence-electron chi connectivity index (χ2n) is 7.64. The van der Waals surface area contributed by atoms with Gasteiger partial charge in [-0.3, -0.25) is 0 Å². The first-order valence-electron chi connectivity index (χ1n) is 9.64. The largest absolute Gasteiger partial charge is 0.494 e. The number of piperidine rings is 2. The molecule has 3 rings (SSSR count). The molecule has 1 unspecified atom stereocenters. The third-order valence-electron chi connectivity index (χ3n) is 5.76. The van der Waals surface area contributed by atoms with Crippen molar-refractivity contribution in [3.63, 3.8) is 0 Å². The Bertz CT molecular complexity index is 465. The highest BCUT2D eigenvalue weighted by molar-refractivity contribution is 5.26. The molecule has 2 N–H and O–H groups in total. The van der Waals surface area contributed by atoms with E-state index in [1.807, 2.05) is 11.8 Å². The van der Waals surface area contributed by atoms with E-state index in [0.717, 1.165) is 24.3 Å². The molecule has 2 heterocycles. The van der Waals surface area contributed by atoms with Crippen LogP contribution < -0.4 is 14.5 Å². The van der Waals surface area contributed by atoms with Gasteiger partial charge in [0.15, 0.2) is 0 Å². The predicted molar refractivity (Wildman–Crippen MR) is 94.1 cm³/mol. The molecule has 3 nitrogen and oxygen atoms in total. The summed E-state index contributed by atoms with van der Waals surface area (Å²) in [6.45, 7) is 11.9. The second kappa shape index (κ2) is 8.16. The van der Waals surface area contributed by atoms with Crippen molar-refractivity contribution in [2.75, 3.05) is 32.8 Å².